The van der Waals surface area contributed by atoms with E-state index in [-0.39, 0.29) is 33.6 Å². The van der Waals surface area contributed by atoms with Crippen molar-refractivity contribution in [3.63, 3.8) is 0 Å². The number of carbonyl (C=O) groups is 1. The Kier molecular flexibility index (Phi) is 5.42. The molecule has 1 aliphatic rings. The van der Waals surface area contributed by atoms with E-state index < -0.39 is 11.9 Å². The molecular formula is C27H22FNO4. The van der Waals surface area contributed by atoms with Gasteiger partial charge in [-0.3, -0.25) is 9.59 Å². The Morgan fingerprint density at radius 1 is 1.00 bits per heavy atom. The van der Waals surface area contributed by atoms with Crippen LogP contribution in [0.25, 0.3) is 11.0 Å². The van der Waals surface area contributed by atoms with Crippen LogP contribution >= 0.6 is 0 Å². The highest BCUT2D eigenvalue weighted by molar-refractivity contribution is 5.99. The van der Waals surface area contributed by atoms with Gasteiger partial charge in [0.15, 0.2) is 5.43 Å². The van der Waals surface area contributed by atoms with Gasteiger partial charge in [0.2, 0.25) is 5.76 Å². The van der Waals surface area contributed by atoms with E-state index in [1.54, 1.807) is 4.90 Å². The molecule has 2 heterocycles. The minimum atomic E-state index is -0.629. The number of hydrogen-bond donors (Lipinski definition) is 0. The highest BCUT2D eigenvalue weighted by atomic mass is 19.1. The molecule has 6 heteroatoms. The van der Waals surface area contributed by atoms with Crippen molar-refractivity contribution in [1.29, 1.82) is 0 Å². The monoisotopic (exact) mass is 443 g/mol. The summed E-state index contributed by atoms with van der Waals surface area (Å²) in [5.41, 5.74) is 1.90. The first kappa shape index (κ1) is 20.9. The van der Waals surface area contributed by atoms with Gasteiger partial charge in [-0.05, 0) is 54.8 Å². The molecule has 0 fully saturated rings. The molecule has 0 radical (unpaired) electrons. The standard InChI is InChI=1S/C27H22FNO4/c1-2-32-20-11-8-18(9-12-20)24-23-25(30)21-16-19(28)10-13-22(21)33-26(23)27(31)29(24)15-14-17-6-4-3-5-7-17/h3-13,16,24H,2,14-15H2,1H3. The number of benzene rings is 3. The zero-order valence-electron chi connectivity index (χ0n) is 18.1. The van der Waals surface area contributed by atoms with E-state index in [9.17, 15) is 14.0 Å². The van der Waals surface area contributed by atoms with E-state index in [4.69, 9.17) is 9.15 Å². The second-order valence-electron chi connectivity index (χ2n) is 7.95. The molecule has 0 N–H and O–H groups in total. The van der Waals surface area contributed by atoms with Gasteiger partial charge in [0.05, 0.1) is 23.6 Å². The number of rotatable bonds is 6. The highest BCUT2D eigenvalue weighted by Crippen LogP contribution is 2.38. The van der Waals surface area contributed by atoms with Crippen molar-refractivity contribution >= 4 is 16.9 Å². The van der Waals surface area contributed by atoms with Crippen LogP contribution < -0.4 is 10.2 Å². The zero-order valence-corrected chi connectivity index (χ0v) is 18.1. The molecule has 0 saturated carbocycles. The maximum Gasteiger partial charge on any atom is 0.290 e. The average molecular weight is 443 g/mol. The molecule has 0 bridgehead atoms. The average Bonchev–Trinajstić information content (AvgIpc) is 3.11. The Bertz CT molecular complexity index is 1380. The van der Waals surface area contributed by atoms with Crippen molar-refractivity contribution in [2.45, 2.75) is 19.4 Å². The molecular weight excluding hydrogens is 421 g/mol. The molecule has 1 aliphatic heterocycles. The molecule has 5 nitrogen and oxygen atoms in total. The Morgan fingerprint density at radius 3 is 2.48 bits per heavy atom. The van der Waals surface area contributed by atoms with Crippen LogP contribution in [0.4, 0.5) is 4.39 Å². The van der Waals surface area contributed by atoms with E-state index >= 15 is 0 Å². The molecule has 0 aliphatic carbocycles. The van der Waals surface area contributed by atoms with Gasteiger partial charge in [-0.2, -0.15) is 0 Å². The van der Waals surface area contributed by atoms with Gasteiger partial charge in [0.1, 0.15) is 17.1 Å². The second-order valence-corrected chi connectivity index (χ2v) is 7.95. The first-order chi connectivity index (χ1) is 16.1. The topological polar surface area (TPSA) is 59.8 Å². The lowest BCUT2D eigenvalue weighted by molar-refractivity contribution is 0.0730. The first-order valence-corrected chi connectivity index (χ1v) is 10.9. The number of hydrogen-bond acceptors (Lipinski definition) is 4. The third-order valence-electron chi connectivity index (χ3n) is 5.92. The molecule has 1 atom stereocenters. The van der Waals surface area contributed by atoms with Crippen LogP contribution in [-0.2, 0) is 6.42 Å². The summed E-state index contributed by atoms with van der Waals surface area (Å²) in [6, 6.07) is 20.3. The largest absolute Gasteiger partial charge is 0.494 e. The van der Waals surface area contributed by atoms with Crippen molar-refractivity contribution in [2.75, 3.05) is 13.2 Å². The van der Waals surface area contributed by atoms with Crippen molar-refractivity contribution in [3.8, 4) is 5.75 Å². The van der Waals surface area contributed by atoms with Gasteiger partial charge in [-0.25, -0.2) is 4.39 Å². The van der Waals surface area contributed by atoms with Crippen LogP contribution in [0.3, 0.4) is 0 Å². The van der Waals surface area contributed by atoms with Crippen LogP contribution in [-0.4, -0.2) is 24.0 Å². The summed E-state index contributed by atoms with van der Waals surface area (Å²) in [6.45, 7) is 2.84. The quantitative estimate of drug-likeness (QED) is 0.415. The van der Waals surface area contributed by atoms with Gasteiger partial charge in [0, 0.05) is 6.54 Å². The van der Waals surface area contributed by atoms with E-state index in [0.29, 0.717) is 25.3 Å². The normalized spacial score (nSPS) is 15.2. The van der Waals surface area contributed by atoms with Crippen LogP contribution in [0.2, 0.25) is 0 Å². The lowest BCUT2D eigenvalue weighted by atomic mass is 9.98. The zero-order chi connectivity index (χ0) is 22.9. The number of carbonyl (C=O) groups excluding carboxylic acids is 1. The van der Waals surface area contributed by atoms with Crippen LogP contribution in [0.5, 0.6) is 5.75 Å². The molecule has 4 aromatic rings. The van der Waals surface area contributed by atoms with Gasteiger partial charge in [-0.15, -0.1) is 0 Å². The maximum absolute atomic E-state index is 13.9. The molecule has 5 rings (SSSR count). The Balaban J connectivity index is 1.62. The predicted molar refractivity (Wildman–Crippen MR) is 123 cm³/mol. The highest BCUT2D eigenvalue weighted by Gasteiger charge is 2.42. The number of nitrogens with zero attached hydrogens (tertiary/aromatic N) is 1. The minimum Gasteiger partial charge on any atom is -0.494 e. The molecule has 33 heavy (non-hydrogen) atoms. The fourth-order valence-corrected chi connectivity index (χ4v) is 4.38. The summed E-state index contributed by atoms with van der Waals surface area (Å²) in [5, 5.41) is 0.127. The number of fused-ring (bicyclic) bond motifs is 2. The Labute approximate surface area is 190 Å². The summed E-state index contributed by atoms with van der Waals surface area (Å²) in [6.07, 6.45) is 0.621. The molecule has 1 amide bonds. The first-order valence-electron chi connectivity index (χ1n) is 10.9. The molecule has 1 aromatic heterocycles. The van der Waals surface area contributed by atoms with Crippen LogP contribution in [0.15, 0.2) is 82.0 Å². The summed E-state index contributed by atoms with van der Waals surface area (Å²) < 4.78 is 25.3. The Morgan fingerprint density at radius 2 is 1.76 bits per heavy atom. The van der Waals surface area contributed by atoms with Crippen molar-refractivity contribution in [1.82, 2.24) is 4.90 Å². The lowest BCUT2D eigenvalue weighted by Crippen LogP contribution is -2.31. The number of ether oxygens (including phenoxy) is 1. The third kappa shape index (κ3) is 3.78. The molecule has 0 spiro atoms. The summed E-state index contributed by atoms with van der Waals surface area (Å²) >= 11 is 0. The Hall–Kier alpha value is -3.93. The summed E-state index contributed by atoms with van der Waals surface area (Å²) in [7, 11) is 0. The number of amides is 1. The predicted octanol–water partition coefficient (Wildman–Crippen LogP) is 5.12. The minimum absolute atomic E-state index is 0.0195. The van der Waals surface area contributed by atoms with Crippen LogP contribution in [0, 0.1) is 5.82 Å². The van der Waals surface area contributed by atoms with E-state index in [1.807, 2.05) is 61.5 Å². The SMILES string of the molecule is CCOc1ccc(C2c3c(oc4ccc(F)cc4c3=O)C(=O)N2CCc2ccccc2)cc1. The van der Waals surface area contributed by atoms with Crippen molar-refractivity contribution < 1.29 is 18.3 Å². The second kappa shape index (κ2) is 8.54. The van der Waals surface area contributed by atoms with Gasteiger partial charge in [0.25, 0.3) is 5.91 Å². The summed E-state index contributed by atoms with van der Waals surface area (Å²) in [4.78, 5) is 28.5. The smallest absolute Gasteiger partial charge is 0.290 e. The van der Waals surface area contributed by atoms with Crippen molar-refractivity contribution in [2.24, 2.45) is 0 Å². The molecule has 3 aromatic carbocycles. The van der Waals surface area contributed by atoms with E-state index in [2.05, 4.69) is 0 Å². The molecule has 1 unspecified atom stereocenters. The maximum atomic E-state index is 13.9. The van der Waals surface area contributed by atoms with Gasteiger partial charge < -0.3 is 14.1 Å². The van der Waals surface area contributed by atoms with Crippen molar-refractivity contribution in [3.05, 3.63) is 111 Å². The fraction of sp³-hybridized carbons (Fsp3) is 0.185. The molecule has 0 saturated heterocycles. The van der Waals surface area contributed by atoms with Gasteiger partial charge >= 0.3 is 0 Å². The molecule has 166 valence electrons. The van der Waals surface area contributed by atoms with E-state index in [1.165, 1.54) is 12.1 Å². The van der Waals surface area contributed by atoms with Gasteiger partial charge in [-0.1, -0.05) is 42.5 Å². The van der Waals surface area contributed by atoms with E-state index in [0.717, 1.165) is 17.2 Å². The van der Waals surface area contributed by atoms with Crippen LogP contribution in [0.1, 0.15) is 40.2 Å². The fourth-order valence-electron chi connectivity index (χ4n) is 4.38. The summed E-state index contributed by atoms with van der Waals surface area (Å²) in [5.74, 6) is -0.152. The number of halogens is 1. The third-order valence-corrected chi connectivity index (χ3v) is 5.92. The lowest BCUT2D eigenvalue weighted by Gasteiger charge is -2.25.